The Balaban J connectivity index is 0.941. The topological polar surface area (TPSA) is 43.1 Å². The van der Waals surface area contributed by atoms with Crippen LogP contribution in [0.1, 0.15) is 22.3 Å². The molecule has 0 aliphatic heterocycles. The summed E-state index contributed by atoms with van der Waals surface area (Å²) in [5, 5.41) is 7.82. The van der Waals surface area contributed by atoms with Crippen LogP contribution in [0.15, 0.2) is 243 Å². The Labute approximate surface area is 394 Å². The van der Waals surface area contributed by atoms with Crippen molar-refractivity contribution >= 4 is 16.3 Å². The number of pyridine rings is 1. The monoisotopic (exact) mass is 864 g/mol. The highest BCUT2D eigenvalue weighted by atomic mass is 15.2. The first-order chi connectivity index (χ1) is 33.7. The molecular formula is C64H40N4. The molecule has 0 bridgehead atoms. The van der Waals surface area contributed by atoms with E-state index in [4.69, 9.17) is 15.1 Å². The van der Waals surface area contributed by atoms with Crippen LogP contribution in [0.25, 0.3) is 106 Å². The van der Waals surface area contributed by atoms with Gasteiger partial charge >= 0.3 is 0 Å². The van der Waals surface area contributed by atoms with Gasteiger partial charge in [-0.3, -0.25) is 0 Å². The van der Waals surface area contributed by atoms with E-state index in [-0.39, 0.29) is 0 Å². The van der Waals surface area contributed by atoms with Crippen LogP contribution in [0.4, 0.5) is 0 Å². The van der Waals surface area contributed by atoms with Gasteiger partial charge in [0.1, 0.15) is 5.69 Å². The lowest BCUT2D eigenvalue weighted by Crippen LogP contribution is -2.25. The average Bonchev–Trinajstić information content (AvgIpc) is 4.07. The van der Waals surface area contributed by atoms with E-state index in [1.54, 1.807) is 0 Å². The zero-order valence-electron chi connectivity index (χ0n) is 36.9. The minimum Gasteiger partial charge on any atom is -0.231 e. The Kier molecular flexibility index (Phi) is 8.46. The van der Waals surface area contributed by atoms with Crippen LogP contribution >= 0.6 is 0 Å². The molecule has 0 saturated carbocycles. The summed E-state index contributed by atoms with van der Waals surface area (Å²) in [4.78, 5) is 10.8. The first-order valence-electron chi connectivity index (χ1n) is 23.3. The van der Waals surface area contributed by atoms with Crippen molar-refractivity contribution in [2.24, 2.45) is 0 Å². The third kappa shape index (κ3) is 5.64. The first-order valence-corrected chi connectivity index (χ1v) is 23.3. The zero-order valence-corrected chi connectivity index (χ0v) is 36.9. The van der Waals surface area contributed by atoms with E-state index in [9.17, 15) is 0 Å². The van der Waals surface area contributed by atoms with Crippen molar-refractivity contribution in [3.63, 3.8) is 0 Å². The molecule has 316 valence electrons. The summed E-state index contributed by atoms with van der Waals surface area (Å²) >= 11 is 0. The summed E-state index contributed by atoms with van der Waals surface area (Å²) in [6, 6.07) is 87.2. The molecule has 9 aromatic carbocycles. The normalized spacial score (nSPS) is 12.8. The molecule has 4 heteroatoms. The third-order valence-corrected chi connectivity index (χ3v) is 14.3. The Morgan fingerprint density at radius 2 is 0.809 bits per heavy atom. The van der Waals surface area contributed by atoms with Crippen molar-refractivity contribution in [1.82, 2.24) is 19.6 Å². The van der Waals surface area contributed by atoms with Gasteiger partial charge < -0.3 is 0 Å². The van der Waals surface area contributed by atoms with Gasteiger partial charge in [-0.2, -0.15) is 5.10 Å². The van der Waals surface area contributed by atoms with E-state index in [0.717, 1.165) is 72.6 Å². The van der Waals surface area contributed by atoms with Crippen molar-refractivity contribution in [3.8, 4) is 89.8 Å². The van der Waals surface area contributed by atoms with Gasteiger partial charge in [-0.25, -0.2) is 14.5 Å². The molecular weight excluding hydrogens is 825 g/mol. The fourth-order valence-corrected chi connectivity index (χ4v) is 11.3. The lowest BCUT2D eigenvalue weighted by molar-refractivity contribution is 0.794. The fourth-order valence-electron chi connectivity index (χ4n) is 11.3. The summed E-state index contributed by atoms with van der Waals surface area (Å²) in [5.74, 6) is 0.686. The molecule has 0 atom stereocenters. The van der Waals surface area contributed by atoms with E-state index in [0.29, 0.717) is 5.82 Å². The minimum atomic E-state index is -0.463. The number of aromatic nitrogens is 4. The predicted molar refractivity (Wildman–Crippen MR) is 277 cm³/mol. The Bertz CT molecular complexity index is 3880. The summed E-state index contributed by atoms with van der Waals surface area (Å²) in [5.41, 5.74) is 22.0. The van der Waals surface area contributed by atoms with Gasteiger partial charge in [0, 0.05) is 38.8 Å². The second-order valence-electron chi connectivity index (χ2n) is 17.9. The maximum absolute atomic E-state index is 5.49. The van der Waals surface area contributed by atoms with Crippen molar-refractivity contribution in [3.05, 3.63) is 265 Å². The van der Waals surface area contributed by atoms with Crippen LogP contribution in [0.5, 0.6) is 0 Å². The van der Waals surface area contributed by atoms with Gasteiger partial charge in [-0.05, 0) is 73.7 Å². The van der Waals surface area contributed by atoms with Crippen molar-refractivity contribution in [1.29, 1.82) is 0 Å². The summed E-state index contributed by atoms with van der Waals surface area (Å²) in [6.07, 6.45) is 0. The molecule has 0 unspecified atom stereocenters. The van der Waals surface area contributed by atoms with Crippen molar-refractivity contribution in [2.45, 2.75) is 5.41 Å². The van der Waals surface area contributed by atoms with E-state index in [1.807, 2.05) is 0 Å². The van der Waals surface area contributed by atoms with Gasteiger partial charge in [0.25, 0.3) is 0 Å². The number of fused-ring (bicyclic) bond motifs is 13. The van der Waals surface area contributed by atoms with E-state index < -0.39 is 5.41 Å². The molecule has 0 saturated heterocycles. The Morgan fingerprint density at radius 1 is 0.338 bits per heavy atom. The quantitative estimate of drug-likeness (QED) is 0.167. The van der Waals surface area contributed by atoms with Gasteiger partial charge in [-0.1, -0.05) is 224 Å². The van der Waals surface area contributed by atoms with Gasteiger partial charge in [-0.15, -0.1) is 0 Å². The van der Waals surface area contributed by atoms with Crippen LogP contribution in [0.3, 0.4) is 0 Å². The molecule has 68 heavy (non-hydrogen) atoms. The SMILES string of the molecule is c1ccc(-c2cc(-c3ccc(-c4nn5c(-c6ccccc6)cc6ccccc6c5c4-c4ccccc4)cc3)nc(-c3ccc4c(c3)C3(c5ccccc5-c5ccccc53)c3ccccc3-4)n2)cc1. The standard InChI is InChI=1S/C64H40N4/c1-4-18-41(19-5-1)57-40-58(66-63(65-57)47-36-37-52-51-28-14-17-31-55(51)64(56(52)38-47)53-29-15-12-26-49(53)50-27-13-16-30-54(50)64)42-32-34-45(35-33-42)61-60(44-22-8-3-9-23-44)62-48-25-11-10-24-46(48)39-59(68(62)67-61)43-20-6-2-7-21-43/h1-40H. The molecule has 4 nitrogen and oxygen atoms in total. The molecule has 0 radical (unpaired) electrons. The zero-order chi connectivity index (χ0) is 44.8. The van der Waals surface area contributed by atoms with Crippen LogP contribution in [0, 0.1) is 0 Å². The molecule has 0 N–H and O–H groups in total. The molecule has 0 amide bonds. The molecule has 2 aliphatic carbocycles. The second-order valence-corrected chi connectivity index (χ2v) is 17.9. The van der Waals surface area contributed by atoms with Crippen LogP contribution < -0.4 is 0 Å². The maximum atomic E-state index is 5.49. The summed E-state index contributed by atoms with van der Waals surface area (Å²) < 4.78 is 2.15. The van der Waals surface area contributed by atoms with E-state index in [2.05, 4.69) is 247 Å². The molecule has 2 aliphatic rings. The lowest BCUT2D eigenvalue weighted by Gasteiger charge is -2.30. The first kappa shape index (κ1) is 38.3. The average molecular weight is 865 g/mol. The molecule has 12 aromatic rings. The smallest absolute Gasteiger partial charge is 0.160 e. The van der Waals surface area contributed by atoms with Crippen molar-refractivity contribution in [2.75, 3.05) is 0 Å². The Morgan fingerprint density at radius 3 is 1.43 bits per heavy atom. The third-order valence-electron chi connectivity index (χ3n) is 14.3. The number of hydrogen-bond acceptors (Lipinski definition) is 3. The number of nitrogens with zero attached hydrogens (tertiary/aromatic N) is 4. The minimum absolute atomic E-state index is 0.463. The molecule has 0 fully saturated rings. The van der Waals surface area contributed by atoms with Crippen LogP contribution in [0.2, 0.25) is 0 Å². The van der Waals surface area contributed by atoms with Crippen LogP contribution in [-0.4, -0.2) is 19.6 Å². The molecule has 3 heterocycles. The molecule has 1 spiro atoms. The maximum Gasteiger partial charge on any atom is 0.160 e. The second kappa shape index (κ2) is 15.0. The lowest BCUT2D eigenvalue weighted by atomic mass is 9.70. The largest absolute Gasteiger partial charge is 0.231 e. The van der Waals surface area contributed by atoms with Gasteiger partial charge in [0.2, 0.25) is 0 Å². The number of benzene rings is 9. The summed E-state index contributed by atoms with van der Waals surface area (Å²) in [7, 11) is 0. The highest BCUT2D eigenvalue weighted by Gasteiger charge is 2.51. The highest BCUT2D eigenvalue weighted by molar-refractivity contribution is 6.08. The fraction of sp³-hybridized carbons (Fsp3) is 0.0156. The Hall–Kier alpha value is -8.99. The highest BCUT2D eigenvalue weighted by Crippen LogP contribution is 2.63. The molecule has 14 rings (SSSR count). The van der Waals surface area contributed by atoms with Gasteiger partial charge in [0.15, 0.2) is 5.82 Å². The van der Waals surface area contributed by atoms with Crippen LogP contribution in [-0.2, 0) is 5.41 Å². The predicted octanol–water partition coefficient (Wildman–Crippen LogP) is 15.6. The van der Waals surface area contributed by atoms with Crippen molar-refractivity contribution < 1.29 is 0 Å². The van der Waals surface area contributed by atoms with E-state index >= 15 is 0 Å². The summed E-state index contributed by atoms with van der Waals surface area (Å²) in [6.45, 7) is 0. The number of hydrogen-bond donors (Lipinski definition) is 0. The van der Waals surface area contributed by atoms with Gasteiger partial charge in [0.05, 0.1) is 28.0 Å². The number of rotatable bonds is 6. The van der Waals surface area contributed by atoms with E-state index in [1.165, 1.54) is 49.9 Å². The molecule has 3 aromatic heterocycles.